The predicted molar refractivity (Wildman–Crippen MR) is 36.6 cm³/mol. The molecule has 0 aliphatic carbocycles. The van der Waals surface area contributed by atoms with Gasteiger partial charge in [0.25, 0.3) is 0 Å². The molecule has 1 saturated heterocycles. The van der Waals surface area contributed by atoms with Crippen LogP contribution in [0.5, 0.6) is 0 Å². The van der Waals surface area contributed by atoms with Crippen molar-refractivity contribution in [1.82, 2.24) is 10.0 Å². The van der Waals surface area contributed by atoms with Gasteiger partial charge in [0.15, 0.2) is 0 Å². The molecule has 0 spiro atoms. The van der Waals surface area contributed by atoms with Crippen molar-refractivity contribution in [3.63, 3.8) is 0 Å². The molecule has 1 aliphatic heterocycles. The van der Waals surface area contributed by atoms with Crippen LogP contribution in [0.25, 0.3) is 0 Å². The van der Waals surface area contributed by atoms with Crippen molar-refractivity contribution < 1.29 is 14.7 Å². The summed E-state index contributed by atoms with van der Waals surface area (Å²) in [5.41, 5.74) is 0. The first-order valence-corrected chi connectivity index (χ1v) is 3.26. The fourth-order valence-corrected chi connectivity index (χ4v) is 1.06. The van der Waals surface area contributed by atoms with Gasteiger partial charge in [-0.2, -0.15) is 0 Å². The summed E-state index contributed by atoms with van der Waals surface area (Å²) in [6.45, 7) is 0. The Labute approximate surface area is 64.2 Å². The number of amides is 1. The molecule has 11 heavy (non-hydrogen) atoms. The fraction of sp³-hybridized carbons (Fsp3) is 0.667. The Morgan fingerprint density at radius 2 is 2.18 bits per heavy atom. The van der Waals surface area contributed by atoms with E-state index in [-0.39, 0.29) is 12.3 Å². The molecule has 5 nitrogen and oxygen atoms in total. The summed E-state index contributed by atoms with van der Waals surface area (Å²) in [7, 11) is 3.15. The van der Waals surface area contributed by atoms with E-state index in [2.05, 4.69) is 0 Å². The maximum atomic E-state index is 10.9. The number of likely N-dealkylation sites (N-methyl/N-ethyl adjacent to an activating group) is 1. The van der Waals surface area contributed by atoms with Crippen LogP contribution in [0.3, 0.4) is 0 Å². The van der Waals surface area contributed by atoms with Gasteiger partial charge in [-0.25, -0.2) is 5.01 Å². The summed E-state index contributed by atoms with van der Waals surface area (Å²) < 4.78 is 0. The van der Waals surface area contributed by atoms with Crippen LogP contribution in [0, 0.1) is 0 Å². The molecule has 0 radical (unpaired) electrons. The van der Waals surface area contributed by atoms with Crippen molar-refractivity contribution in [2.75, 3.05) is 14.1 Å². The van der Waals surface area contributed by atoms with Crippen LogP contribution in [-0.4, -0.2) is 47.1 Å². The summed E-state index contributed by atoms with van der Waals surface area (Å²) in [6, 6.07) is -0.688. The van der Waals surface area contributed by atoms with Crippen LogP contribution in [0.15, 0.2) is 0 Å². The van der Waals surface area contributed by atoms with Gasteiger partial charge in [0.1, 0.15) is 6.04 Å². The molecule has 1 aliphatic rings. The van der Waals surface area contributed by atoms with Crippen LogP contribution in [0.4, 0.5) is 0 Å². The Hall–Kier alpha value is -1.10. The van der Waals surface area contributed by atoms with E-state index in [4.69, 9.17) is 5.11 Å². The molecule has 62 valence electrons. The number of hydrogen-bond acceptors (Lipinski definition) is 3. The fourth-order valence-electron chi connectivity index (χ4n) is 1.06. The Morgan fingerprint density at radius 1 is 1.64 bits per heavy atom. The quantitative estimate of drug-likeness (QED) is 0.540. The molecule has 1 N–H and O–H groups in total. The van der Waals surface area contributed by atoms with Crippen molar-refractivity contribution in [3.05, 3.63) is 0 Å². The van der Waals surface area contributed by atoms with Gasteiger partial charge in [0.05, 0.1) is 6.42 Å². The number of carbonyl (C=O) groups is 2. The molecule has 0 bridgehead atoms. The monoisotopic (exact) mass is 158 g/mol. The first-order chi connectivity index (χ1) is 5.04. The highest BCUT2D eigenvalue weighted by atomic mass is 16.4. The van der Waals surface area contributed by atoms with E-state index in [1.807, 2.05) is 0 Å². The number of aliphatic carboxylic acids is 1. The maximum Gasteiger partial charge on any atom is 0.323 e. The van der Waals surface area contributed by atoms with Crippen LogP contribution in [0.2, 0.25) is 0 Å². The van der Waals surface area contributed by atoms with E-state index >= 15 is 0 Å². The molecule has 1 atom stereocenters. The second kappa shape index (κ2) is 2.50. The van der Waals surface area contributed by atoms with Crippen molar-refractivity contribution in [2.45, 2.75) is 12.5 Å². The molecular weight excluding hydrogens is 148 g/mol. The van der Waals surface area contributed by atoms with E-state index in [0.717, 1.165) is 0 Å². The van der Waals surface area contributed by atoms with Crippen molar-refractivity contribution in [2.24, 2.45) is 0 Å². The zero-order valence-corrected chi connectivity index (χ0v) is 6.44. The third kappa shape index (κ3) is 1.19. The standard InChI is InChI=1S/C6H10N2O3/c1-7-4(6(10)11)3-5(9)8(7)2/h4H,3H2,1-2H3,(H,10,11)/t4-/m0/s1. The minimum Gasteiger partial charge on any atom is -0.480 e. The molecule has 0 saturated carbocycles. The minimum absolute atomic E-state index is 0.0718. The highest BCUT2D eigenvalue weighted by Gasteiger charge is 2.37. The van der Waals surface area contributed by atoms with Crippen molar-refractivity contribution >= 4 is 11.9 Å². The number of rotatable bonds is 1. The number of hydrogen-bond donors (Lipinski definition) is 1. The van der Waals surface area contributed by atoms with Crippen LogP contribution in [-0.2, 0) is 9.59 Å². The number of carboxylic acid groups (broad SMARTS) is 1. The summed E-state index contributed by atoms with van der Waals surface area (Å²) in [5, 5.41) is 11.3. The first-order valence-electron chi connectivity index (χ1n) is 3.26. The van der Waals surface area contributed by atoms with Crippen LogP contribution in [0.1, 0.15) is 6.42 Å². The second-order valence-corrected chi connectivity index (χ2v) is 2.55. The highest BCUT2D eigenvalue weighted by molar-refractivity contribution is 5.87. The number of carboxylic acids is 1. The van der Waals surface area contributed by atoms with E-state index in [1.54, 1.807) is 14.1 Å². The summed E-state index contributed by atoms with van der Waals surface area (Å²) in [5.74, 6) is -1.11. The Morgan fingerprint density at radius 3 is 2.36 bits per heavy atom. The van der Waals surface area contributed by atoms with Crippen LogP contribution < -0.4 is 0 Å². The molecule has 5 heteroatoms. The molecule has 0 aromatic heterocycles. The van der Waals surface area contributed by atoms with E-state index in [9.17, 15) is 9.59 Å². The van der Waals surface area contributed by atoms with E-state index in [1.165, 1.54) is 10.0 Å². The Balaban J connectivity index is 2.74. The second-order valence-electron chi connectivity index (χ2n) is 2.55. The number of nitrogens with zero attached hydrogens (tertiary/aromatic N) is 2. The van der Waals surface area contributed by atoms with Crippen molar-refractivity contribution in [3.8, 4) is 0 Å². The zero-order valence-electron chi connectivity index (χ0n) is 6.44. The van der Waals surface area contributed by atoms with Crippen LogP contribution >= 0.6 is 0 Å². The van der Waals surface area contributed by atoms with Gasteiger partial charge in [0.2, 0.25) is 5.91 Å². The molecule has 0 unspecified atom stereocenters. The summed E-state index contributed by atoms with van der Waals surface area (Å²) >= 11 is 0. The smallest absolute Gasteiger partial charge is 0.323 e. The largest absolute Gasteiger partial charge is 0.480 e. The molecule has 1 heterocycles. The number of hydrazine groups is 1. The molecule has 0 aromatic rings. The molecule has 1 amide bonds. The highest BCUT2D eigenvalue weighted by Crippen LogP contribution is 2.15. The van der Waals surface area contributed by atoms with Gasteiger partial charge in [0, 0.05) is 14.1 Å². The topological polar surface area (TPSA) is 60.9 Å². The predicted octanol–water partition coefficient (Wildman–Crippen LogP) is -0.851. The number of carbonyl (C=O) groups excluding carboxylic acids is 1. The maximum absolute atomic E-state index is 10.9. The third-order valence-electron chi connectivity index (χ3n) is 1.94. The van der Waals surface area contributed by atoms with Crippen molar-refractivity contribution in [1.29, 1.82) is 0 Å². The van der Waals surface area contributed by atoms with Gasteiger partial charge in [-0.3, -0.25) is 14.6 Å². The normalized spacial score (nSPS) is 26.2. The third-order valence-corrected chi connectivity index (χ3v) is 1.94. The SMILES string of the molecule is CN1C(=O)C[C@@H](C(=O)O)N1C. The van der Waals surface area contributed by atoms with Gasteiger partial charge < -0.3 is 5.11 Å². The zero-order chi connectivity index (χ0) is 8.59. The molecule has 0 aromatic carbocycles. The molecule has 1 fully saturated rings. The van der Waals surface area contributed by atoms with Gasteiger partial charge in [-0.05, 0) is 0 Å². The molecule has 1 rings (SSSR count). The molecular formula is C6H10N2O3. The van der Waals surface area contributed by atoms with Gasteiger partial charge in [-0.15, -0.1) is 0 Å². The van der Waals surface area contributed by atoms with Gasteiger partial charge >= 0.3 is 5.97 Å². The average molecular weight is 158 g/mol. The van der Waals surface area contributed by atoms with Gasteiger partial charge in [-0.1, -0.05) is 0 Å². The van der Waals surface area contributed by atoms with E-state index in [0.29, 0.717) is 0 Å². The first kappa shape index (κ1) is 8.00. The lowest BCUT2D eigenvalue weighted by molar-refractivity contribution is -0.145. The lowest BCUT2D eigenvalue weighted by Gasteiger charge is -2.21. The lowest BCUT2D eigenvalue weighted by atomic mass is 10.2. The minimum atomic E-state index is -0.954. The Kier molecular flexibility index (Phi) is 1.82. The summed E-state index contributed by atoms with van der Waals surface area (Å²) in [4.78, 5) is 21.4. The average Bonchev–Trinajstić information content (AvgIpc) is 2.17. The lowest BCUT2D eigenvalue weighted by Crippen LogP contribution is -2.39. The summed E-state index contributed by atoms with van der Waals surface area (Å²) in [6.07, 6.45) is 0.0718. The Bertz CT molecular complexity index is 204. The van der Waals surface area contributed by atoms with E-state index < -0.39 is 12.0 Å².